The lowest BCUT2D eigenvalue weighted by atomic mass is 10.1. The van der Waals surface area contributed by atoms with Crippen LogP contribution in [0.25, 0.3) is 0 Å². The first-order valence-electron chi connectivity index (χ1n) is 8.12. The summed E-state index contributed by atoms with van der Waals surface area (Å²) in [5.74, 6) is 1.08. The number of rotatable bonds is 8. The van der Waals surface area contributed by atoms with Crippen LogP contribution in [-0.2, 0) is 16.0 Å². The van der Waals surface area contributed by atoms with Crippen molar-refractivity contribution < 1.29 is 13.9 Å². The zero-order valence-corrected chi connectivity index (χ0v) is 13.7. The molecule has 1 aromatic carbocycles. The fourth-order valence-corrected chi connectivity index (χ4v) is 2.35. The molecule has 6 heteroatoms. The van der Waals surface area contributed by atoms with Gasteiger partial charge in [-0.3, -0.25) is 4.99 Å². The molecule has 5 nitrogen and oxygen atoms in total. The van der Waals surface area contributed by atoms with E-state index in [-0.39, 0.29) is 5.82 Å². The largest absolute Gasteiger partial charge is 0.381 e. The van der Waals surface area contributed by atoms with Gasteiger partial charge >= 0.3 is 0 Å². The smallest absolute Gasteiger partial charge is 0.191 e. The summed E-state index contributed by atoms with van der Waals surface area (Å²) < 4.78 is 23.8. The molecule has 0 spiro atoms. The average molecular weight is 323 g/mol. The molecule has 1 aliphatic rings. The van der Waals surface area contributed by atoms with Crippen molar-refractivity contribution in [2.75, 3.05) is 40.0 Å². The van der Waals surface area contributed by atoms with Gasteiger partial charge in [0.25, 0.3) is 0 Å². The van der Waals surface area contributed by atoms with Crippen LogP contribution in [-0.4, -0.2) is 46.0 Å². The second kappa shape index (κ2) is 10.2. The molecular weight excluding hydrogens is 297 g/mol. The van der Waals surface area contributed by atoms with Gasteiger partial charge in [-0.15, -0.1) is 0 Å². The molecule has 0 amide bonds. The van der Waals surface area contributed by atoms with Gasteiger partial charge < -0.3 is 20.1 Å². The number of halogens is 1. The topological polar surface area (TPSA) is 54.9 Å². The van der Waals surface area contributed by atoms with Crippen molar-refractivity contribution in [1.82, 2.24) is 10.6 Å². The molecule has 0 aliphatic carbocycles. The number of benzene rings is 1. The summed E-state index contributed by atoms with van der Waals surface area (Å²) in [6.45, 7) is 4.63. The van der Waals surface area contributed by atoms with Crippen molar-refractivity contribution in [2.24, 2.45) is 10.9 Å². The van der Waals surface area contributed by atoms with Crippen molar-refractivity contribution in [1.29, 1.82) is 0 Å². The molecule has 1 atom stereocenters. The second-order valence-corrected chi connectivity index (χ2v) is 5.64. The predicted molar refractivity (Wildman–Crippen MR) is 89.0 cm³/mol. The van der Waals surface area contributed by atoms with Crippen LogP contribution in [0.15, 0.2) is 29.3 Å². The van der Waals surface area contributed by atoms with E-state index in [1.807, 2.05) is 0 Å². The van der Waals surface area contributed by atoms with E-state index < -0.39 is 0 Å². The fourth-order valence-electron chi connectivity index (χ4n) is 2.35. The lowest BCUT2D eigenvalue weighted by Crippen LogP contribution is -2.37. The number of nitrogens with zero attached hydrogens (tertiary/aromatic N) is 1. The zero-order chi connectivity index (χ0) is 16.3. The van der Waals surface area contributed by atoms with E-state index >= 15 is 0 Å². The molecule has 1 fully saturated rings. The molecular formula is C17H26FN3O2. The third kappa shape index (κ3) is 6.97. The molecule has 1 aromatic rings. The summed E-state index contributed by atoms with van der Waals surface area (Å²) in [4.78, 5) is 4.16. The van der Waals surface area contributed by atoms with Gasteiger partial charge in [-0.1, -0.05) is 12.1 Å². The van der Waals surface area contributed by atoms with Crippen LogP contribution < -0.4 is 10.6 Å². The highest BCUT2D eigenvalue weighted by atomic mass is 19.1. The van der Waals surface area contributed by atoms with Gasteiger partial charge in [0.05, 0.1) is 13.2 Å². The molecule has 0 saturated carbocycles. The minimum atomic E-state index is -0.222. The second-order valence-electron chi connectivity index (χ2n) is 5.64. The standard InChI is InChI=1S/C17H26FN3O2/c1-19-17(21-11-14-3-5-16(18)6-4-14)20-8-2-9-22-12-15-7-10-23-13-15/h3-6,15H,2,7-13H2,1H3,(H2,19,20,21). The Morgan fingerprint density at radius 1 is 1.35 bits per heavy atom. The number of guanidine groups is 1. The van der Waals surface area contributed by atoms with E-state index in [0.29, 0.717) is 12.5 Å². The number of hydrogen-bond acceptors (Lipinski definition) is 3. The van der Waals surface area contributed by atoms with E-state index in [0.717, 1.165) is 57.3 Å². The van der Waals surface area contributed by atoms with E-state index in [9.17, 15) is 4.39 Å². The van der Waals surface area contributed by atoms with Crippen molar-refractivity contribution in [3.8, 4) is 0 Å². The maximum atomic E-state index is 12.8. The molecule has 1 saturated heterocycles. The summed E-state index contributed by atoms with van der Waals surface area (Å²) in [5, 5.41) is 6.44. The van der Waals surface area contributed by atoms with Gasteiger partial charge in [0.1, 0.15) is 5.82 Å². The maximum Gasteiger partial charge on any atom is 0.191 e. The third-order valence-corrected chi connectivity index (χ3v) is 3.73. The molecule has 1 aliphatic heterocycles. The number of ether oxygens (including phenoxy) is 2. The zero-order valence-electron chi connectivity index (χ0n) is 13.7. The molecule has 23 heavy (non-hydrogen) atoms. The van der Waals surface area contributed by atoms with Gasteiger partial charge in [0.15, 0.2) is 5.96 Å². The van der Waals surface area contributed by atoms with Gasteiger partial charge in [-0.05, 0) is 30.5 Å². The molecule has 0 aromatic heterocycles. The third-order valence-electron chi connectivity index (χ3n) is 3.73. The maximum absolute atomic E-state index is 12.8. The number of hydrogen-bond donors (Lipinski definition) is 2. The van der Waals surface area contributed by atoms with E-state index in [1.165, 1.54) is 12.1 Å². The molecule has 0 bridgehead atoms. The Bertz CT molecular complexity index is 473. The van der Waals surface area contributed by atoms with Crippen LogP contribution in [0.3, 0.4) is 0 Å². The van der Waals surface area contributed by atoms with Gasteiger partial charge in [-0.25, -0.2) is 4.39 Å². The summed E-state index contributed by atoms with van der Waals surface area (Å²) in [6, 6.07) is 6.44. The monoisotopic (exact) mass is 323 g/mol. The first kappa shape index (κ1) is 17.7. The summed E-state index contributed by atoms with van der Waals surface area (Å²) in [5.41, 5.74) is 1.01. The molecule has 0 radical (unpaired) electrons. The Balaban J connectivity index is 1.53. The van der Waals surface area contributed by atoms with Crippen molar-refractivity contribution in [2.45, 2.75) is 19.4 Å². The molecule has 2 N–H and O–H groups in total. The average Bonchev–Trinajstić information content (AvgIpc) is 3.08. The minimum absolute atomic E-state index is 0.222. The fraction of sp³-hybridized carbons (Fsp3) is 0.588. The van der Waals surface area contributed by atoms with Crippen LogP contribution in [0.5, 0.6) is 0 Å². The summed E-state index contributed by atoms with van der Waals surface area (Å²) in [6.07, 6.45) is 2.03. The predicted octanol–water partition coefficient (Wildman–Crippen LogP) is 1.93. The van der Waals surface area contributed by atoms with Crippen molar-refractivity contribution in [3.05, 3.63) is 35.6 Å². The quantitative estimate of drug-likeness (QED) is 0.436. The first-order valence-corrected chi connectivity index (χ1v) is 8.12. The Morgan fingerprint density at radius 3 is 2.87 bits per heavy atom. The number of nitrogens with one attached hydrogen (secondary N) is 2. The molecule has 128 valence electrons. The van der Waals surface area contributed by atoms with Crippen molar-refractivity contribution in [3.63, 3.8) is 0 Å². The Hall–Kier alpha value is -1.66. The van der Waals surface area contributed by atoms with E-state index in [4.69, 9.17) is 9.47 Å². The lowest BCUT2D eigenvalue weighted by molar-refractivity contribution is 0.0888. The summed E-state index contributed by atoms with van der Waals surface area (Å²) >= 11 is 0. The Labute approximate surface area is 137 Å². The summed E-state index contributed by atoms with van der Waals surface area (Å²) in [7, 11) is 1.73. The highest BCUT2D eigenvalue weighted by Gasteiger charge is 2.15. The van der Waals surface area contributed by atoms with Crippen LogP contribution in [0.4, 0.5) is 4.39 Å². The Morgan fingerprint density at radius 2 is 2.17 bits per heavy atom. The van der Waals surface area contributed by atoms with Gasteiger partial charge in [0.2, 0.25) is 0 Å². The van der Waals surface area contributed by atoms with Gasteiger partial charge in [0, 0.05) is 39.3 Å². The normalized spacial score (nSPS) is 18.2. The lowest BCUT2D eigenvalue weighted by Gasteiger charge is -2.12. The van der Waals surface area contributed by atoms with Crippen LogP contribution in [0, 0.1) is 11.7 Å². The van der Waals surface area contributed by atoms with Crippen LogP contribution >= 0.6 is 0 Å². The molecule has 1 heterocycles. The molecule has 1 unspecified atom stereocenters. The van der Waals surface area contributed by atoms with Crippen LogP contribution in [0.1, 0.15) is 18.4 Å². The first-order chi connectivity index (χ1) is 11.3. The Kier molecular flexibility index (Phi) is 7.83. The minimum Gasteiger partial charge on any atom is -0.381 e. The van der Waals surface area contributed by atoms with Crippen LogP contribution in [0.2, 0.25) is 0 Å². The van der Waals surface area contributed by atoms with Gasteiger partial charge in [-0.2, -0.15) is 0 Å². The molecule has 2 rings (SSSR count). The number of aliphatic imine (C=N–C) groups is 1. The SMILES string of the molecule is CN=C(NCCCOCC1CCOC1)NCc1ccc(F)cc1. The highest BCUT2D eigenvalue weighted by molar-refractivity contribution is 5.79. The highest BCUT2D eigenvalue weighted by Crippen LogP contribution is 2.12. The van der Waals surface area contributed by atoms with E-state index in [1.54, 1.807) is 19.2 Å². The van der Waals surface area contributed by atoms with E-state index in [2.05, 4.69) is 15.6 Å². The van der Waals surface area contributed by atoms with Crippen molar-refractivity contribution >= 4 is 5.96 Å².